The molecule has 8 fully saturated rings. The van der Waals surface area contributed by atoms with Gasteiger partial charge in [-0.15, -0.1) is 0 Å². The molecule has 8 aliphatic rings. The summed E-state index contributed by atoms with van der Waals surface area (Å²) < 4.78 is 184. The number of rotatable bonds is 25. The Labute approximate surface area is 689 Å². The molecule has 0 saturated heterocycles. The lowest BCUT2D eigenvalue weighted by Crippen LogP contribution is -2.58. The number of hydrogen-bond donors (Lipinski definition) is 1. The van der Waals surface area contributed by atoms with Gasteiger partial charge < -0.3 is 33.0 Å². The highest BCUT2D eigenvalue weighted by atomic mass is 32.2. The molecule has 117 heavy (non-hydrogen) atoms. The summed E-state index contributed by atoms with van der Waals surface area (Å²) in [5, 5.41) is 5.96. The second-order valence-corrected chi connectivity index (χ2v) is 40.9. The summed E-state index contributed by atoms with van der Waals surface area (Å²) in [6.45, 7) is -2.71. The van der Waals surface area contributed by atoms with Crippen LogP contribution in [-0.4, -0.2) is 116 Å². The molecular formula is C89H94F6O16S6. The van der Waals surface area contributed by atoms with Gasteiger partial charge in [-0.3, -0.25) is 14.4 Å². The lowest BCUT2D eigenvalue weighted by atomic mass is 9.48. The van der Waals surface area contributed by atoms with Gasteiger partial charge in [0.1, 0.15) is 31.7 Å². The minimum Gasteiger partial charge on any atom is -0.748 e. The minimum absolute atomic E-state index is 0.0146. The Hall–Kier alpha value is -8.29. The number of aliphatic hydroxyl groups is 1. The summed E-state index contributed by atoms with van der Waals surface area (Å²) in [6, 6.07) is 96.5. The molecule has 8 saturated carbocycles. The molecule has 8 aliphatic carbocycles. The fourth-order valence-corrected chi connectivity index (χ4v) is 24.6. The third-order valence-electron chi connectivity index (χ3n) is 20.9. The first-order chi connectivity index (χ1) is 55.5. The van der Waals surface area contributed by atoms with Crippen LogP contribution in [0.2, 0.25) is 0 Å². The first-order valence-electron chi connectivity index (χ1n) is 38.4. The molecule has 0 aliphatic heterocycles. The molecule has 1 N–H and O–H groups in total. The quantitative estimate of drug-likeness (QED) is 0.0183. The highest BCUT2D eigenvalue weighted by molar-refractivity contribution is 7.97. The largest absolute Gasteiger partial charge is 0.748 e. The van der Waals surface area contributed by atoms with Crippen molar-refractivity contribution < 1.29 is 99.0 Å². The van der Waals surface area contributed by atoms with Crippen LogP contribution in [0.15, 0.2) is 317 Å². The molecule has 9 aromatic carbocycles. The molecule has 0 heterocycles. The normalized spacial score (nSPS) is 21.5. The molecule has 28 heteroatoms. The maximum atomic E-state index is 13.4. The summed E-state index contributed by atoms with van der Waals surface area (Å²) in [4.78, 5) is 47.7. The summed E-state index contributed by atoms with van der Waals surface area (Å²) >= 11 is 0. The molecule has 624 valence electrons. The van der Waals surface area contributed by atoms with Crippen LogP contribution >= 0.6 is 0 Å². The smallest absolute Gasteiger partial charge is 0.367 e. The van der Waals surface area contributed by atoms with E-state index in [0.29, 0.717) is 75.5 Å². The molecule has 17 rings (SSSR count). The molecule has 0 aromatic heterocycles. The summed E-state index contributed by atoms with van der Waals surface area (Å²) in [5.41, 5.74) is -2.55. The lowest BCUT2D eigenvalue weighted by molar-refractivity contribution is -0.201. The number of esters is 3. The average Bonchev–Trinajstić information content (AvgIpc) is 0.736. The number of halogens is 6. The molecule has 9 aromatic rings. The van der Waals surface area contributed by atoms with Crippen molar-refractivity contribution >= 4 is 80.9 Å². The number of benzene rings is 9. The number of hydrogen-bond acceptors (Lipinski definition) is 16. The zero-order valence-electron chi connectivity index (χ0n) is 64.3. The van der Waals surface area contributed by atoms with Gasteiger partial charge in [-0.25, -0.2) is 42.8 Å². The van der Waals surface area contributed by atoms with Crippen LogP contribution in [0.5, 0.6) is 0 Å². The lowest BCUT2D eigenvalue weighted by Gasteiger charge is -2.58. The second-order valence-electron chi connectivity index (χ2n) is 30.5. The van der Waals surface area contributed by atoms with Crippen molar-refractivity contribution in [1.82, 2.24) is 0 Å². The van der Waals surface area contributed by atoms with E-state index in [2.05, 4.69) is 282 Å². The Balaban J connectivity index is 0.000000149. The predicted molar refractivity (Wildman–Crippen MR) is 433 cm³/mol. The Bertz CT molecular complexity index is 4380. The molecule has 16 nitrogen and oxygen atoms in total. The molecule has 0 radical (unpaired) electrons. The number of alkyl halides is 6. The van der Waals surface area contributed by atoms with E-state index in [0.717, 1.165) is 25.7 Å². The van der Waals surface area contributed by atoms with E-state index < -0.39 is 113 Å². The van der Waals surface area contributed by atoms with E-state index in [9.17, 15) is 84.7 Å². The van der Waals surface area contributed by atoms with Crippen LogP contribution in [0.1, 0.15) is 103 Å². The van der Waals surface area contributed by atoms with Crippen LogP contribution in [0.4, 0.5) is 26.3 Å². The Kier molecular flexibility index (Phi) is 31.6. The molecule has 2 unspecified atom stereocenters. The van der Waals surface area contributed by atoms with Crippen molar-refractivity contribution in [2.45, 2.75) is 170 Å². The summed E-state index contributed by atoms with van der Waals surface area (Å²) in [5.74, 6) is -12.1. The third-order valence-corrected chi connectivity index (χ3v) is 29.9. The predicted octanol–water partition coefficient (Wildman–Crippen LogP) is 18.2. The van der Waals surface area contributed by atoms with Crippen molar-refractivity contribution in [3.8, 4) is 0 Å². The average molecular weight is 1730 g/mol. The topological polar surface area (TPSA) is 271 Å². The highest BCUT2D eigenvalue weighted by Gasteiger charge is 2.61. The molecular weight excluding hydrogens is 1630 g/mol. The van der Waals surface area contributed by atoms with Crippen LogP contribution in [0.25, 0.3) is 0 Å². The van der Waals surface area contributed by atoms with E-state index in [-0.39, 0.29) is 57.4 Å². The van der Waals surface area contributed by atoms with Crippen LogP contribution in [-0.2, 0) is 91.6 Å². The number of carbonyl (C=O) groups excluding carboxylic acids is 3. The van der Waals surface area contributed by atoms with E-state index in [4.69, 9.17) is 4.74 Å². The minimum atomic E-state index is -5.78. The van der Waals surface area contributed by atoms with Crippen molar-refractivity contribution in [3.63, 3.8) is 0 Å². The van der Waals surface area contributed by atoms with Gasteiger partial charge in [0.25, 0.3) is 11.8 Å². The number of unbranched alkanes of at least 4 members (excludes halogenated alkanes) is 1. The summed E-state index contributed by atoms with van der Waals surface area (Å²) in [6.07, 6.45) is 9.84. The van der Waals surface area contributed by atoms with Gasteiger partial charge in [0, 0.05) is 6.42 Å². The van der Waals surface area contributed by atoms with Gasteiger partial charge in [-0.1, -0.05) is 177 Å². The first-order valence-corrected chi connectivity index (χ1v) is 46.6. The van der Waals surface area contributed by atoms with E-state index in [1.807, 2.05) is 0 Å². The summed E-state index contributed by atoms with van der Waals surface area (Å²) in [7, 11) is -16.0. The Morgan fingerprint density at radius 3 is 0.846 bits per heavy atom. The van der Waals surface area contributed by atoms with Gasteiger partial charge in [-0.2, -0.15) is 8.78 Å². The maximum absolute atomic E-state index is 13.4. The van der Waals surface area contributed by atoms with Crippen LogP contribution in [0.3, 0.4) is 0 Å². The molecule has 2 atom stereocenters. The van der Waals surface area contributed by atoms with Gasteiger partial charge >= 0.3 is 23.2 Å². The Morgan fingerprint density at radius 1 is 0.376 bits per heavy atom. The number of carbonyl (C=O) groups is 3. The van der Waals surface area contributed by atoms with Crippen LogP contribution < -0.4 is 0 Å². The SMILES string of the molecule is CCCCC(=O)OCC(F)(F)S(=O)(=O)[O-].O=C(OCC(F)(F)CS(=O)(=O)[O-])C12CC3CC(CC(C3)C1)C2.O=C(OCC(F)(F)CS(=O)(=O)[O-])C12CC3CC(CC(O)(C3)C1)C2.c1ccc([S+](c2ccccc2)c2ccccc2)cc1.c1ccc([S+](c2ccccc2)c2ccccc2)cc1.c1ccc([S+](c2ccccc2)c2ccccc2)cc1. The van der Waals surface area contributed by atoms with Gasteiger partial charge in [0.05, 0.1) is 49.1 Å². The van der Waals surface area contributed by atoms with E-state index in [1.54, 1.807) is 6.92 Å². The van der Waals surface area contributed by atoms with Crippen molar-refractivity contribution in [1.29, 1.82) is 0 Å². The first kappa shape index (κ1) is 91.0. The van der Waals surface area contributed by atoms with Crippen molar-refractivity contribution in [3.05, 3.63) is 273 Å². The van der Waals surface area contributed by atoms with Crippen LogP contribution in [0, 0.1) is 40.4 Å². The zero-order chi connectivity index (χ0) is 84.1. The number of ether oxygens (including phenoxy) is 3. The standard InChI is InChI=1S/3C18H15S.C14H20F2O6S.C14H20F2O5S.C7H12F2O5S/c3*1-4-10-16(11-5-1)19(17-12-6-2-7-13-17)18-14-8-3-9-15-18;15-14(16,8-23(19,20)21)7-22-11(17)12-2-9-1-10(3-12)5-13(18,4-9)6-12;15-14(16,8-22(18,19)20)7-21-12(17)13-4-9-1-10(5-13)3-11(2-9)6-13;1-2-3-4-6(10)14-5-7(8,9)15(11,12)13/h3*1-15H;9-10,18H,1-8H2,(H,19,20,21);9-11H,1-8H2,(H,18,19,20);2-5H2,1H3,(H,11,12,13)/q3*+1;;;/p-3. The zero-order valence-corrected chi connectivity index (χ0v) is 69.2. The second kappa shape index (κ2) is 40.6. The third kappa shape index (κ3) is 26.9. The van der Waals surface area contributed by atoms with Gasteiger partial charge in [-0.05, 0) is 222 Å². The highest BCUT2D eigenvalue weighted by Crippen LogP contribution is 2.63. The molecule has 0 amide bonds. The fourth-order valence-electron chi connectivity index (χ4n) is 16.9. The monoisotopic (exact) mass is 1720 g/mol. The molecule has 0 spiro atoms. The van der Waals surface area contributed by atoms with Crippen molar-refractivity contribution in [2.24, 2.45) is 40.4 Å². The van der Waals surface area contributed by atoms with Gasteiger partial charge in [0.15, 0.2) is 74.0 Å². The molecule has 8 bridgehead atoms. The Morgan fingerprint density at radius 2 is 0.615 bits per heavy atom. The van der Waals surface area contributed by atoms with Gasteiger partial charge in [0.2, 0.25) is 0 Å². The van der Waals surface area contributed by atoms with Crippen molar-refractivity contribution in [2.75, 3.05) is 31.3 Å². The van der Waals surface area contributed by atoms with E-state index >= 15 is 0 Å². The fraction of sp³-hybridized carbons (Fsp3) is 0.360. The maximum Gasteiger partial charge on any atom is 0.367 e. The van der Waals surface area contributed by atoms with E-state index in [1.165, 1.54) is 44.1 Å².